The summed E-state index contributed by atoms with van der Waals surface area (Å²) in [5.41, 5.74) is 2.42. The SMILES string of the molecule is O=C(CSc1ccccc1C(=O)NC1CCN(Cc2ccccc2)CC1)Nc1ccc(F)cc1. The van der Waals surface area contributed by atoms with E-state index in [0.29, 0.717) is 11.3 Å². The standard InChI is InChI=1S/C27H28FN3O2S/c28-21-10-12-22(13-11-21)29-26(32)19-34-25-9-5-4-8-24(25)27(33)30-23-14-16-31(17-15-23)18-20-6-2-1-3-7-20/h1-13,23H,14-19H2,(H,29,32)(H,30,33). The molecule has 1 saturated heterocycles. The number of benzene rings is 3. The third kappa shape index (κ3) is 6.92. The number of carbonyl (C=O) groups is 2. The maximum atomic E-state index is 13.0. The van der Waals surface area contributed by atoms with E-state index in [2.05, 4.69) is 39.8 Å². The molecular formula is C27H28FN3O2S. The average molecular weight is 478 g/mol. The molecule has 0 aliphatic carbocycles. The summed E-state index contributed by atoms with van der Waals surface area (Å²) in [5, 5.41) is 5.92. The second-order valence-electron chi connectivity index (χ2n) is 8.35. The lowest BCUT2D eigenvalue weighted by atomic mass is 10.0. The van der Waals surface area contributed by atoms with Gasteiger partial charge in [0.25, 0.3) is 5.91 Å². The minimum Gasteiger partial charge on any atom is -0.349 e. The van der Waals surface area contributed by atoms with Crippen LogP contribution >= 0.6 is 11.8 Å². The van der Waals surface area contributed by atoms with Gasteiger partial charge >= 0.3 is 0 Å². The summed E-state index contributed by atoms with van der Waals surface area (Å²) < 4.78 is 13.0. The molecule has 1 fully saturated rings. The largest absolute Gasteiger partial charge is 0.349 e. The van der Waals surface area contributed by atoms with E-state index in [1.54, 1.807) is 6.07 Å². The molecule has 2 amide bonds. The quantitative estimate of drug-likeness (QED) is 0.451. The van der Waals surface area contributed by atoms with Crippen molar-refractivity contribution in [2.75, 3.05) is 24.2 Å². The maximum Gasteiger partial charge on any atom is 0.252 e. The fourth-order valence-corrected chi connectivity index (χ4v) is 4.84. The highest BCUT2D eigenvalue weighted by molar-refractivity contribution is 8.00. The summed E-state index contributed by atoms with van der Waals surface area (Å²) in [5.74, 6) is -0.519. The number of piperidine rings is 1. The van der Waals surface area contributed by atoms with Crippen LogP contribution in [0.2, 0.25) is 0 Å². The smallest absolute Gasteiger partial charge is 0.252 e. The maximum absolute atomic E-state index is 13.0. The third-order valence-electron chi connectivity index (χ3n) is 5.79. The van der Waals surface area contributed by atoms with Crippen LogP contribution in [0.5, 0.6) is 0 Å². The lowest BCUT2D eigenvalue weighted by Gasteiger charge is -2.32. The molecule has 0 atom stereocenters. The molecule has 176 valence electrons. The number of nitrogens with zero attached hydrogens (tertiary/aromatic N) is 1. The molecule has 0 unspecified atom stereocenters. The van der Waals surface area contributed by atoms with Crippen LogP contribution in [0.4, 0.5) is 10.1 Å². The molecule has 0 bridgehead atoms. The van der Waals surface area contributed by atoms with Crippen LogP contribution in [0.15, 0.2) is 83.8 Å². The summed E-state index contributed by atoms with van der Waals surface area (Å²) >= 11 is 1.31. The Kier molecular flexibility index (Phi) is 8.33. The first-order valence-electron chi connectivity index (χ1n) is 11.4. The molecule has 2 N–H and O–H groups in total. The van der Waals surface area contributed by atoms with Crippen molar-refractivity contribution in [3.8, 4) is 0 Å². The number of halogens is 1. The molecule has 1 heterocycles. The highest BCUT2D eigenvalue weighted by atomic mass is 32.2. The van der Waals surface area contributed by atoms with Crippen LogP contribution in [0.25, 0.3) is 0 Å². The van der Waals surface area contributed by atoms with E-state index in [-0.39, 0.29) is 29.4 Å². The van der Waals surface area contributed by atoms with Crippen molar-refractivity contribution in [1.29, 1.82) is 0 Å². The number of hydrogen-bond donors (Lipinski definition) is 2. The van der Waals surface area contributed by atoms with E-state index < -0.39 is 0 Å². The van der Waals surface area contributed by atoms with Gasteiger partial charge in [-0.15, -0.1) is 11.8 Å². The first kappa shape index (κ1) is 24.0. The normalized spacial score (nSPS) is 14.5. The Labute approximate surface area is 203 Å². The van der Waals surface area contributed by atoms with Crippen molar-refractivity contribution in [2.45, 2.75) is 30.3 Å². The molecule has 0 saturated carbocycles. The number of hydrogen-bond acceptors (Lipinski definition) is 4. The number of nitrogens with one attached hydrogen (secondary N) is 2. The van der Waals surface area contributed by atoms with Gasteiger partial charge in [0, 0.05) is 36.3 Å². The Hall–Kier alpha value is -3.16. The van der Waals surface area contributed by atoms with E-state index in [1.165, 1.54) is 41.6 Å². The van der Waals surface area contributed by atoms with Gasteiger partial charge in [0.1, 0.15) is 5.82 Å². The molecule has 34 heavy (non-hydrogen) atoms. The van der Waals surface area contributed by atoms with Gasteiger partial charge in [-0.05, 0) is 54.8 Å². The van der Waals surface area contributed by atoms with Gasteiger partial charge in [-0.3, -0.25) is 14.5 Å². The molecule has 0 spiro atoms. The van der Waals surface area contributed by atoms with Crippen LogP contribution in [-0.2, 0) is 11.3 Å². The molecule has 4 rings (SSSR count). The van der Waals surface area contributed by atoms with Crippen molar-refractivity contribution in [2.24, 2.45) is 0 Å². The molecule has 0 aromatic heterocycles. The molecule has 3 aromatic carbocycles. The lowest BCUT2D eigenvalue weighted by Crippen LogP contribution is -2.44. The predicted molar refractivity (Wildman–Crippen MR) is 134 cm³/mol. The van der Waals surface area contributed by atoms with E-state index in [0.717, 1.165) is 37.4 Å². The first-order valence-corrected chi connectivity index (χ1v) is 12.4. The molecular weight excluding hydrogens is 449 g/mol. The lowest BCUT2D eigenvalue weighted by molar-refractivity contribution is -0.113. The minimum absolute atomic E-state index is 0.108. The monoisotopic (exact) mass is 477 g/mol. The van der Waals surface area contributed by atoms with Crippen LogP contribution in [0.3, 0.4) is 0 Å². The van der Waals surface area contributed by atoms with E-state index >= 15 is 0 Å². The number of thioether (sulfide) groups is 1. The van der Waals surface area contributed by atoms with Gasteiger partial charge < -0.3 is 10.6 Å². The zero-order chi connectivity index (χ0) is 23.8. The fourth-order valence-electron chi connectivity index (χ4n) is 3.99. The Morgan fingerprint density at radius 1 is 0.912 bits per heavy atom. The van der Waals surface area contributed by atoms with E-state index in [1.807, 2.05) is 24.3 Å². The van der Waals surface area contributed by atoms with Crippen molar-refractivity contribution in [1.82, 2.24) is 10.2 Å². The van der Waals surface area contributed by atoms with Gasteiger partial charge in [0.2, 0.25) is 5.91 Å². The fraction of sp³-hybridized carbons (Fsp3) is 0.259. The Morgan fingerprint density at radius 2 is 1.59 bits per heavy atom. The van der Waals surface area contributed by atoms with Crippen LogP contribution < -0.4 is 10.6 Å². The summed E-state index contributed by atoms with van der Waals surface area (Å²) in [4.78, 5) is 28.5. The van der Waals surface area contributed by atoms with Gasteiger partial charge in [-0.1, -0.05) is 42.5 Å². The molecule has 1 aliphatic rings. The van der Waals surface area contributed by atoms with Crippen LogP contribution in [0, 0.1) is 5.82 Å². The summed E-state index contributed by atoms with van der Waals surface area (Å²) in [7, 11) is 0. The highest BCUT2D eigenvalue weighted by Gasteiger charge is 2.22. The zero-order valence-corrected chi connectivity index (χ0v) is 19.7. The summed E-state index contributed by atoms with van der Waals surface area (Å²) in [6.07, 6.45) is 1.82. The Morgan fingerprint density at radius 3 is 2.32 bits per heavy atom. The minimum atomic E-state index is -0.353. The Bertz CT molecular complexity index is 1100. The summed E-state index contributed by atoms with van der Waals surface area (Å²) in [6, 6.07) is 23.5. The number of likely N-dealkylation sites (tertiary alicyclic amines) is 1. The van der Waals surface area contributed by atoms with Gasteiger partial charge in [0.05, 0.1) is 11.3 Å². The zero-order valence-electron chi connectivity index (χ0n) is 18.9. The molecule has 1 aliphatic heterocycles. The topological polar surface area (TPSA) is 61.4 Å². The van der Waals surface area contributed by atoms with Crippen molar-refractivity contribution in [3.05, 3.63) is 95.8 Å². The predicted octanol–water partition coefficient (Wildman–Crippen LogP) is 4.95. The van der Waals surface area contributed by atoms with Crippen molar-refractivity contribution < 1.29 is 14.0 Å². The number of anilines is 1. The van der Waals surface area contributed by atoms with E-state index in [4.69, 9.17) is 0 Å². The van der Waals surface area contributed by atoms with Crippen LogP contribution in [-0.4, -0.2) is 41.6 Å². The number of rotatable bonds is 8. The number of carbonyl (C=O) groups excluding carboxylic acids is 2. The van der Waals surface area contributed by atoms with Crippen molar-refractivity contribution >= 4 is 29.3 Å². The van der Waals surface area contributed by atoms with Gasteiger partial charge in [-0.2, -0.15) is 0 Å². The summed E-state index contributed by atoms with van der Waals surface area (Å²) in [6.45, 7) is 2.82. The van der Waals surface area contributed by atoms with Gasteiger partial charge in [0.15, 0.2) is 0 Å². The second-order valence-corrected chi connectivity index (χ2v) is 9.37. The molecule has 0 radical (unpaired) electrons. The molecule has 3 aromatic rings. The van der Waals surface area contributed by atoms with E-state index in [9.17, 15) is 14.0 Å². The van der Waals surface area contributed by atoms with Gasteiger partial charge in [-0.25, -0.2) is 4.39 Å². The molecule has 7 heteroatoms. The second kappa shape index (κ2) is 11.8. The Balaban J connectivity index is 1.27. The van der Waals surface area contributed by atoms with Crippen molar-refractivity contribution in [3.63, 3.8) is 0 Å². The van der Waals surface area contributed by atoms with Crippen LogP contribution in [0.1, 0.15) is 28.8 Å². The number of amides is 2. The highest BCUT2D eigenvalue weighted by Crippen LogP contribution is 2.24. The first-order chi connectivity index (χ1) is 16.6. The third-order valence-corrected chi connectivity index (χ3v) is 6.86. The molecule has 5 nitrogen and oxygen atoms in total. The average Bonchev–Trinajstić information content (AvgIpc) is 2.86.